The van der Waals surface area contributed by atoms with E-state index in [1.807, 2.05) is 4.90 Å². The number of hydrogen-bond acceptors (Lipinski definition) is 4. The number of aromatic nitrogens is 2. The lowest BCUT2D eigenvalue weighted by molar-refractivity contribution is -0.138. The van der Waals surface area contributed by atoms with E-state index in [9.17, 15) is 13.2 Å². The minimum atomic E-state index is -4.40. The Balaban J connectivity index is 2.20. The zero-order valence-corrected chi connectivity index (χ0v) is 12.0. The Morgan fingerprint density at radius 2 is 2.06 bits per heavy atom. The highest BCUT2D eigenvalue weighted by Gasteiger charge is 2.36. The maximum atomic E-state index is 12.5. The fraction of sp³-hybridized carbons (Fsp3) is 0.800. The van der Waals surface area contributed by atoms with Crippen molar-refractivity contribution in [3.8, 4) is 0 Å². The lowest BCUT2D eigenvalue weighted by Crippen LogP contribution is -2.36. The minimum absolute atomic E-state index is 0.210. The summed E-state index contributed by atoms with van der Waals surface area (Å²) in [5, 5.41) is 7.21. The monoisotopic (exact) mass is 343 g/mol. The van der Waals surface area contributed by atoms with Crippen LogP contribution in [0.2, 0.25) is 0 Å². The minimum Gasteiger partial charge on any atom is -0.343 e. The van der Waals surface area contributed by atoms with Gasteiger partial charge in [-0.1, -0.05) is 40.1 Å². The molecule has 2 heterocycles. The average molecular weight is 344 g/mol. The molecule has 1 aromatic rings. The molecular weight excluding hydrogens is 331 g/mol. The van der Waals surface area contributed by atoms with Crippen LogP contribution in [-0.4, -0.2) is 28.1 Å². The van der Waals surface area contributed by atoms with Crippen LogP contribution >= 0.6 is 27.3 Å². The molecule has 0 N–H and O–H groups in total. The van der Waals surface area contributed by atoms with E-state index in [1.165, 1.54) is 0 Å². The first kappa shape index (κ1) is 14.0. The Labute approximate surface area is 116 Å². The summed E-state index contributed by atoms with van der Waals surface area (Å²) in [4.78, 5) is 1.95. The quantitative estimate of drug-likeness (QED) is 0.766. The fourth-order valence-corrected chi connectivity index (χ4v) is 3.52. The first-order valence-corrected chi connectivity index (χ1v) is 7.69. The van der Waals surface area contributed by atoms with Crippen LogP contribution in [0.1, 0.15) is 30.7 Å². The Morgan fingerprint density at radius 3 is 2.67 bits per heavy atom. The molecule has 1 aromatic heterocycles. The molecule has 1 unspecified atom stereocenters. The molecule has 1 atom stereocenters. The van der Waals surface area contributed by atoms with Crippen molar-refractivity contribution in [3.05, 3.63) is 5.01 Å². The van der Waals surface area contributed by atoms with E-state index in [0.29, 0.717) is 16.5 Å². The number of anilines is 1. The van der Waals surface area contributed by atoms with E-state index in [0.717, 1.165) is 37.6 Å². The molecule has 0 spiro atoms. The van der Waals surface area contributed by atoms with E-state index < -0.39 is 11.2 Å². The summed E-state index contributed by atoms with van der Waals surface area (Å²) < 4.78 is 37.5. The third kappa shape index (κ3) is 3.14. The topological polar surface area (TPSA) is 29.0 Å². The van der Waals surface area contributed by atoms with Gasteiger partial charge in [-0.2, -0.15) is 13.2 Å². The number of hydrogen-bond donors (Lipinski definition) is 0. The van der Waals surface area contributed by atoms with Crippen LogP contribution in [0.25, 0.3) is 0 Å². The average Bonchev–Trinajstić information content (AvgIpc) is 2.68. The zero-order valence-electron chi connectivity index (χ0n) is 9.58. The molecule has 18 heavy (non-hydrogen) atoms. The van der Waals surface area contributed by atoms with Gasteiger partial charge in [-0.25, -0.2) is 0 Å². The van der Waals surface area contributed by atoms with Crippen LogP contribution in [0, 0.1) is 0 Å². The van der Waals surface area contributed by atoms with Crippen molar-refractivity contribution in [2.24, 2.45) is 0 Å². The van der Waals surface area contributed by atoms with Crippen molar-refractivity contribution >= 4 is 32.4 Å². The second kappa shape index (κ2) is 5.73. The van der Waals surface area contributed by atoms with Gasteiger partial charge in [0.2, 0.25) is 10.1 Å². The van der Waals surface area contributed by atoms with Gasteiger partial charge in [-0.15, -0.1) is 10.2 Å². The van der Waals surface area contributed by atoms with Gasteiger partial charge in [-0.3, -0.25) is 0 Å². The Morgan fingerprint density at radius 1 is 1.28 bits per heavy atom. The van der Waals surface area contributed by atoms with Crippen molar-refractivity contribution in [3.63, 3.8) is 0 Å². The SMILES string of the molecule is FC(F)(F)c1nnc(N2CCCCCC2CBr)s1. The van der Waals surface area contributed by atoms with Gasteiger partial charge in [0, 0.05) is 17.9 Å². The Hall–Kier alpha value is -0.370. The van der Waals surface area contributed by atoms with E-state index in [4.69, 9.17) is 0 Å². The second-order valence-corrected chi connectivity index (χ2v) is 5.84. The van der Waals surface area contributed by atoms with E-state index in [1.54, 1.807) is 0 Å². The summed E-state index contributed by atoms with van der Waals surface area (Å²) in [5.74, 6) is 0. The maximum absolute atomic E-state index is 12.5. The summed E-state index contributed by atoms with van der Waals surface area (Å²) >= 11 is 4.05. The lowest BCUT2D eigenvalue weighted by Gasteiger charge is -2.27. The highest BCUT2D eigenvalue weighted by atomic mass is 79.9. The van der Waals surface area contributed by atoms with E-state index in [-0.39, 0.29) is 6.04 Å². The molecule has 1 aliphatic rings. The Bertz CT molecular complexity index is 396. The summed E-state index contributed by atoms with van der Waals surface area (Å²) in [6.07, 6.45) is -0.203. The normalized spacial score (nSPS) is 22.0. The predicted octanol–water partition coefficient (Wildman–Crippen LogP) is 3.70. The van der Waals surface area contributed by atoms with Crippen molar-refractivity contribution in [1.82, 2.24) is 10.2 Å². The smallest absolute Gasteiger partial charge is 0.343 e. The molecule has 2 rings (SSSR count). The molecule has 0 aromatic carbocycles. The molecule has 1 saturated heterocycles. The van der Waals surface area contributed by atoms with Gasteiger partial charge < -0.3 is 4.90 Å². The summed E-state index contributed by atoms with van der Waals surface area (Å²) in [6, 6.07) is 0.210. The molecule has 0 bridgehead atoms. The third-order valence-electron chi connectivity index (χ3n) is 2.96. The largest absolute Gasteiger partial charge is 0.445 e. The van der Waals surface area contributed by atoms with Crippen molar-refractivity contribution in [1.29, 1.82) is 0 Å². The molecule has 102 valence electrons. The van der Waals surface area contributed by atoms with Gasteiger partial charge in [0.25, 0.3) is 0 Å². The van der Waals surface area contributed by atoms with Crippen LogP contribution in [0.4, 0.5) is 18.3 Å². The first-order chi connectivity index (χ1) is 8.52. The van der Waals surface area contributed by atoms with Crippen LogP contribution in [0.5, 0.6) is 0 Å². The van der Waals surface area contributed by atoms with Gasteiger partial charge in [0.05, 0.1) is 0 Å². The van der Waals surface area contributed by atoms with Crippen LogP contribution in [0.15, 0.2) is 0 Å². The fourth-order valence-electron chi connectivity index (χ4n) is 2.04. The number of nitrogens with zero attached hydrogens (tertiary/aromatic N) is 3. The van der Waals surface area contributed by atoms with Gasteiger partial charge in [-0.05, 0) is 12.8 Å². The molecule has 0 radical (unpaired) electrons. The van der Waals surface area contributed by atoms with E-state index in [2.05, 4.69) is 26.1 Å². The maximum Gasteiger partial charge on any atom is 0.445 e. The van der Waals surface area contributed by atoms with Crippen LogP contribution < -0.4 is 4.90 Å². The summed E-state index contributed by atoms with van der Waals surface area (Å²) in [5.41, 5.74) is 0. The number of halogens is 4. The van der Waals surface area contributed by atoms with Gasteiger partial charge in [0.1, 0.15) is 0 Å². The highest BCUT2D eigenvalue weighted by Crippen LogP contribution is 2.36. The number of alkyl halides is 4. The predicted molar refractivity (Wildman–Crippen MR) is 68.3 cm³/mol. The molecule has 0 aliphatic carbocycles. The zero-order chi connectivity index (χ0) is 13.2. The highest BCUT2D eigenvalue weighted by molar-refractivity contribution is 9.09. The van der Waals surface area contributed by atoms with Crippen molar-refractivity contribution in [2.75, 3.05) is 16.8 Å². The lowest BCUT2D eigenvalue weighted by atomic mass is 10.1. The summed E-state index contributed by atoms with van der Waals surface area (Å²) in [6.45, 7) is 0.753. The summed E-state index contributed by atoms with van der Waals surface area (Å²) in [7, 11) is 0. The molecular formula is C10H13BrF3N3S. The van der Waals surface area contributed by atoms with Crippen LogP contribution in [-0.2, 0) is 6.18 Å². The second-order valence-electron chi connectivity index (χ2n) is 4.24. The Kier molecular flexibility index (Phi) is 4.47. The molecule has 1 fully saturated rings. The third-order valence-corrected chi connectivity index (χ3v) is 4.71. The molecule has 1 aliphatic heterocycles. The molecule has 8 heteroatoms. The standard InChI is InChI=1S/C10H13BrF3N3S/c11-6-7-4-2-1-3-5-17(7)9-16-15-8(18-9)10(12,13)14/h7H,1-6H2. The van der Waals surface area contributed by atoms with Gasteiger partial charge >= 0.3 is 6.18 Å². The molecule has 3 nitrogen and oxygen atoms in total. The van der Waals surface area contributed by atoms with E-state index >= 15 is 0 Å². The molecule has 0 amide bonds. The van der Waals surface area contributed by atoms with Gasteiger partial charge in [0.15, 0.2) is 0 Å². The van der Waals surface area contributed by atoms with Crippen molar-refractivity contribution < 1.29 is 13.2 Å². The number of rotatable bonds is 2. The molecule has 0 saturated carbocycles. The first-order valence-electron chi connectivity index (χ1n) is 5.75. The van der Waals surface area contributed by atoms with Crippen molar-refractivity contribution in [2.45, 2.75) is 37.9 Å². The van der Waals surface area contributed by atoms with Crippen LogP contribution in [0.3, 0.4) is 0 Å².